The first-order valence-corrected chi connectivity index (χ1v) is 5.79. The average Bonchev–Trinajstić information content (AvgIpc) is 2.61. The third kappa shape index (κ3) is 1.81. The minimum atomic E-state index is -0.280. The predicted octanol–water partition coefficient (Wildman–Crippen LogP) is 3.73. The standard InChI is InChI=1S/C12H14OS/c1-2-5-10(13)12-8-9-6-3-4-7-11(9)14-12/h3-4,6-8,10,13H,2,5H2,1H3/t10-/m1/s1. The summed E-state index contributed by atoms with van der Waals surface area (Å²) in [7, 11) is 0. The molecule has 0 saturated heterocycles. The van der Waals surface area contributed by atoms with Crippen LogP contribution in [0, 0.1) is 0 Å². The molecule has 1 nitrogen and oxygen atoms in total. The maximum Gasteiger partial charge on any atom is 0.0882 e. The highest BCUT2D eigenvalue weighted by atomic mass is 32.1. The van der Waals surface area contributed by atoms with Gasteiger partial charge in [-0.15, -0.1) is 11.3 Å². The highest BCUT2D eigenvalue weighted by Gasteiger charge is 2.09. The highest BCUT2D eigenvalue weighted by molar-refractivity contribution is 7.19. The van der Waals surface area contributed by atoms with E-state index in [0.717, 1.165) is 17.7 Å². The molecule has 0 bridgehead atoms. The van der Waals surface area contributed by atoms with E-state index in [4.69, 9.17) is 0 Å². The fourth-order valence-electron chi connectivity index (χ4n) is 1.58. The second kappa shape index (κ2) is 4.11. The Bertz CT molecular complexity index is 386. The van der Waals surface area contributed by atoms with Gasteiger partial charge in [-0.05, 0) is 23.9 Å². The zero-order valence-corrected chi connectivity index (χ0v) is 9.05. The molecule has 0 unspecified atom stereocenters. The van der Waals surface area contributed by atoms with E-state index >= 15 is 0 Å². The summed E-state index contributed by atoms with van der Waals surface area (Å²) in [4.78, 5) is 1.09. The van der Waals surface area contributed by atoms with Crippen molar-refractivity contribution in [2.75, 3.05) is 0 Å². The lowest BCUT2D eigenvalue weighted by Crippen LogP contribution is -1.91. The number of benzene rings is 1. The Morgan fingerprint density at radius 1 is 1.36 bits per heavy atom. The van der Waals surface area contributed by atoms with Gasteiger partial charge in [0.05, 0.1) is 6.10 Å². The first kappa shape index (κ1) is 9.69. The fourth-order valence-corrected chi connectivity index (χ4v) is 2.67. The second-order valence-electron chi connectivity index (χ2n) is 3.49. The molecular weight excluding hydrogens is 192 g/mol. The predicted molar refractivity (Wildman–Crippen MR) is 61.7 cm³/mol. The summed E-state index contributed by atoms with van der Waals surface area (Å²) in [5.41, 5.74) is 0. The average molecular weight is 206 g/mol. The SMILES string of the molecule is CCC[C@@H](O)c1cc2ccccc2s1. The number of aliphatic hydroxyl groups excluding tert-OH is 1. The normalized spacial score (nSPS) is 13.3. The van der Waals surface area contributed by atoms with Gasteiger partial charge in [0.25, 0.3) is 0 Å². The number of fused-ring (bicyclic) bond motifs is 1. The number of hydrogen-bond donors (Lipinski definition) is 1. The lowest BCUT2D eigenvalue weighted by Gasteiger charge is -2.04. The number of thiophene rings is 1. The van der Waals surface area contributed by atoms with Crippen LogP contribution in [-0.4, -0.2) is 5.11 Å². The molecule has 14 heavy (non-hydrogen) atoms. The van der Waals surface area contributed by atoms with Gasteiger partial charge in [0.1, 0.15) is 0 Å². The quantitative estimate of drug-likeness (QED) is 0.811. The molecule has 1 atom stereocenters. The number of aliphatic hydroxyl groups is 1. The van der Waals surface area contributed by atoms with E-state index in [2.05, 4.69) is 25.1 Å². The van der Waals surface area contributed by atoms with Crippen molar-refractivity contribution in [2.45, 2.75) is 25.9 Å². The van der Waals surface area contributed by atoms with Crippen LogP contribution < -0.4 is 0 Å². The van der Waals surface area contributed by atoms with Crippen molar-refractivity contribution in [2.24, 2.45) is 0 Å². The van der Waals surface area contributed by atoms with Crippen molar-refractivity contribution in [1.82, 2.24) is 0 Å². The lowest BCUT2D eigenvalue weighted by molar-refractivity contribution is 0.170. The summed E-state index contributed by atoms with van der Waals surface area (Å²) >= 11 is 1.70. The molecule has 0 aliphatic rings. The van der Waals surface area contributed by atoms with Crippen LogP contribution in [0.1, 0.15) is 30.7 Å². The third-order valence-electron chi connectivity index (χ3n) is 2.34. The molecule has 1 heterocycles. The molecule has 2 aromatic rings. The van der Waals surface area contributed by atoms with E-state index in [1.165, 1.54) is 10.1 Å². The van der Waals surface area contributed by atoms with Gasteiger partial charge in [-0.2, -0.15) is 0 Å². The van der Waals surface area contributed by atoms with Gasteiger partial charge in [-0.25, -0.2) is 0 Å². The lowest BCUT2D eigenvalue weighted by atomic mass is 10.1. The largest absolute Gasteiger partial charge is 0.388 e. The van der Waals surface area contributed by atoms with Crippen LogP contribution >= 0.6 is 11.3 Å². The molecule has 0 saturated carbocycles. The molecule has 0 fully saturated rings. The zero-order chi connectivity index (χ0) is 9.97. The molecule has 2 rings (SSSR count). The van der Waals surface area contributed by atoms with Crippen LogP contribution in [0.4, 0.5) is 0 Å². The molecule has 74 valence electrons. The van der Waals surface area contributed by atoms with Crippen LogP contribution in [0.2, 0.25) is 0 Å². The van der Waals surface area contributed by atoms with Crippen LogP contribution in [-0.2, 0) is 0 Å². The van der Waals surface area contributed by atoms with Crippen molar-refractivity contribution in [3.05, 3.63) is 35.2 Å². The number of rotatable bonds is 3. The molecule has 1 N–H and O–H groups in total. The first-order valence-electron chi connectivity index (χ1n) is 4.98. The van der Waals surface area contributed by atoms with Gasteiger partial charge in [-0.1, -0.05) is 31.5 Å². The van der Waals surface area contributed by atoms with Gasteiger partial charge >= 0.3 is 0 Å². The molecule has 0 aliphatic carbocycles. The van der Waals surface area contributed by atoms with Gasteiger partial charge in [0, 0.05) is 9.58 Å². The van der Waals surface area contributed by atoms with E-state index < -0.39 is 0 Å². The molecule has 1 aromatic heterocycles. The van der Waals surface area contributed by atoms with E-state index in [9.17, 15) is 5.11 Å². The minimum Gasteiger partial charge on any atom is -0.388 e. The molecule has 2 heteroatoms. The van der Waals surface area contributed by atoms with E-state index in [0.29, 0.717) is 0 Å². The second-order valence-corrected chi connectivity index (χ2v) is 4.61. The van der Waals surface area contributed by atoms with Crippen LogP contribution in [0.15, 0.2) is 30.3 Å². The summed E-state index contributed by atoms with van der Waals surface area (Å²) in [5.74, 6) is 0. The molecule has 0 radical (unpaired) electrons. The Hall–Kier alpha value is -0.860. The first-order chi connectivity index (χ1) is 6.81. The van der Waals surface area contributed by atoms with Gasteiger partial charge < -0.3 is 5.11 Å². The van der Waals surface area contributed by atoms with Crippen molar-refractivity contribution in [3.8, 4) is 0 Å². The van der Waals surface area contributed by atoms with Crippen molar-refractivity contribution >= 4 is 21.4 Å². The molecule has 1 aromatic carbocycles. The Morgan fingerprint density at radius 2 is 2.14 bits per heavy atom. The third-order valence-corrected chi connectivity index (χ3v) is 3.55. The summed E-state index contributed by atoms with van der Waals surface area (Å²) in [6.07, 6.45) is 1.60. The molecule has 0 amide bonds. The van der Waals surface area contributed by atoms with Crippen LogP contribution in [0.5, 0.6) is 0 Å². The Labute approximate surface area is 88.0 Å². The molecule has 0 spiro atoms. The minimum absolute atomic E-state index is 0.280. The maximum atomic E-state index is 9.83. The van der Waals surface area contributed by atoms with Gasteiger partial charge in [0.2, 0.25) is 0 Å². The highest BCUT2D eigenvalue weighted by Crippen LogP contribution is 2.31. The summed E-state index contributed by atoms with van der Waals surface area (Å²) in [6.45, 7) is 2.09. The zero-order valence-electron chi connectivity index (χ0n) is 8.23. The van der Waals surface area contributed by atoms with E-state index in [1.807, 2.05) is 12.1 Å². The summed E-state index contributed by atoms with van der Waals surface area (Å²) in [6, 6.07) is 10.4. The summed E-state index contributed by atoms with van der Waals surface area (Å²) in [5, 5.41) is 11.1. The smallest absolute Gasteiger partial charge is 0.0882 e. The Morgan fingerprint density at radius 3 is 2.86 bits per heavy atom. The molecular formula is C12H14OS. The maximum absolute atomic E-state index is 9.83. The van der Waals surface area contributed by atoms with Gasteiger partial charge in [-0.3, -0.25) is 0 Å². The fraction of sp³-hybridized carbons (Fsp3) is 0.333. The molecule has 0 aliphatic heterocycles. The van der Waals surface area contributed by atoms with E-state index in [1.54, 1.807) is 11.3 Å². The monoisotopic (exact) mass is 206 g/mol. The van der Waals surface area contributed by atoms with Crippen molar-refractivity contribution < 1.29 is 5.11 Å². The Balaban J connectivity index is 2.35. The topological polar surface area (TPSA) is 20.2 Å². The van der Waals surface area contributed by atoms with Crippen LogP contribution in [0.25, 0.3) is 10.1 Å². The Kier molecular flexibility index (Phi) is 2.85. The van der Waals surface area contributed by atoms with Crippen molar-refractivity contribution in [3.63, 3.8) is 0 Å². The van der Waals surface area contributed by atoms with E-state index in [-0.39, 0.29) is 6.10 Å². The van der Waals surface area contributed by atoms with Crippen molar-refractivity contribution in [1.29, 1.82) is 0 Å². The summed E-state index contributed by atoms with van der Waals surface area (Å²) < 4.78 is 1.26. The van der Waals surface area contributed by atoms with Gasteiger partial charge in [0.15, 0.2) is 0 Å². The number of hydrogen-bond acceptors (Lipinski definition) is 2. The van der Waals surface area contributed by atoms with Crippen LogP contribution in [0.3, 0.4) is 0 Å².